The van der Waals surface area contributed by atoms with Crippen molar-refractivity contribution in [1.82, 2.24) is 9.13 Å². The van der Waals surface area contributed by atoms with E-state index in [4.69, 9.17) is 9.73 Å². The molecular formula is C34H31BrN4O3S. The summed E-state index contributed by atoms with van der Waals surface area (Å²) in [5.74, 6) is -0.462. The summed E-state index contributed by atoms with van der Waals surface area (Å²) in [6.07, 6.45) is 4.04. The van der Waals surface area contributed by atoms with E-state index >= 15 is 0 Å². The van der Waals surface area contributed by atoms with Gasteiger partial charge in [-0.25, -0.2) is 9.79 Å². The number of fused-ring (bicyclic) bond motifs is 2. The molecule has 0 N–H and O–H groups in total. The van der Waals surface area contributed by atoms with Crippen LogP contribution in [0.15, 0.2) is 105 Å². The fourth-order valence-corrected chi connectivity index (χ4v) is 6.81. The van der Waals surface area contributed by atoms with Gasteiger partial charge >= 0.3 is 5.97 Å². The molecule has 3 heterocycles. The highest BCUT2D eigenvalue weighted by Crippen LogP contribution is 2.32. The lowest BCUT2D eigenvalue weighted by atomic mass is 9.95. The van der Waals surface area contributed by atoms with Crippen molar-refractivity contribution in [2.24, 2.45) is 4.99 Å². The molecule has 0 saturated carbocycles. The molecule has 43 heavy (non-hydrogen) atoms. The van der Waals surface area contributed by atoms with Gasteiger partial charge in [-0.3, -0.25) is 9.36 Å². The van der Waals surface area contributed by atoms with E-state index in [-0.39, 0.29) is 12.2 Å². The SMILES string of the molecule is CCOC(=O)C1=C(C)N=c2s/c(=C/c3cn(Cc4ccc(Br)cc4)c4ccccc34)c(=O)n2[C@@H]1c1ccc(N(C)C)cc1. The highest BCUT2D eigenvalue weighted by atomic mass is 79.9. The normalized spacial score (nSPS) is 15.0. The standard InChI is InChI=1S/C34H31BrN4O3S/c1-5-42-33(41)30-21(2)36-34-39(31(30)23-12-16-26(17-13-23)37(3)4)32(40)29(43-34)18-24-20-38(28-9-7-6-8-27(24)28)19-22-10-14-25(35)15-11-22/h6-18,20,31H,5,19H2,1-4H3/b29-18+/t31-/m1/s1. The van der Waals surface area contributed by atoms with Crippen LogP contribution >= 0.6 is 27.3 Å². The number of halogens is 1. The van der Waals surface area contributed by atoms with E-state index < -0.39 is 12.0 Å². The van der Waals surface area contributed by atoms with Crippen molar-refractivity contribution in [3.63, 3.8) is 0 Å². The van der Waals surface area contributed by atoms with Crippen LogP contribution in [-0.4, -0.2) is 35.8 Å². The van der Waals surface area contributed by atoms with Crippen LogP contribution in [0.1, 0.15) is 36.6 Å². The van der Waals surface area contributed by atoms with Gasteiger partial charge in [0, 0.05) is 53.5 Å². The molecule has 0 aliphatic carbocycles. The molecule has 0 fully saturated rings. The van der Waals surface area contributed by atoms with Crippen molar-refractivity contribution in [1.29, 1.82) is 0 Å². The number of benzene rings is 3. The average molecular weight is 656 g/mol. The number of allylic oxidation sites excluding steroid dienone is 1. The zero-order valence-corrected chi connectivity index (χ0v) is 26.8. The van der Waals surface area contributed by atoms with Crippen LogP contribution in [0, 0.1) is 0 Å². The first-order valence-electron chi connectivity index (χ1n) is 14.0. The predicted octanol–water partition coefficient (Wildman–Crippen LogP) is 5.63. The predicted molar refractivity (Wildman–Crippen MR) is 176 cm³/mol. The first kappa shape index (κ1) is 28.9. The van der Waals surface area contributed by atoms with Crippen LogP contribution in [0.5, 0.6) is 0 Å². The molecule has 1 atom stereocenters. The van der Waals surface area contributed by atoms with E-state index in [0.29, 0.717) is 27.1 Å². The van der Waals surface area contributed by atoms with Crippen LogP contribution in [0.3, 0.4) is 0 Å². The van der Waals surface area contributed by atoms with Gasteiger partial charge in [0.2, 0.25) is 0 Å². The van der Waals surface area contributed by atoms with Gasteiger partial charge in [0.05, 0.1) is 28.5 Å². The van der Waals surface area contributed by atoms with Crippen LogP contribution < -0.4 is 19.8 Å². The Bertz CT molecular complexity index is 2050. The monoisotopic (exact) mass is 654 g/mol. The van der Waals surface area contributed by atoms with Gasteiger partial charge in [-0.15, -0.1) is 0 Å². The van der Waals surface area contributed by atoms with E-state index in [0.717, 1.165) is 32.2 Å². The van der Waals surface area contributed by atoms with Gasteiger partial charge in [0.25, 0.3) is 5.56 Å². The number of anilines is 1. The Hall–Kier alpha value is -4.21. The molecule has 218 valence electrons. The molecule has 6 rings (SSSR count). The third-order valence-corrected chi connectivity index (χ3v) is 9.13. The zero-order chi connectivity index (χ0) is 30.2. The molecule has 1 aliphatic heterocycles. The minimum Gasteiger partial charge on any atom is -0.463 e. The Morgan fingerprint density at radius 1 is 1.07 bits per heavy atom. The van der Waals surface area contributed by atoms with Crippen molar-refractivity contribution < 1.29 is 9.53 Å². The third-order valence-electron chi connectivity index (χ3n) is 7.61. The topological polar surface area (TPSA) is 68.8 Å². The maximum Gasteiger partial charge on any atom is 0.338 e. The molecule has 5 aromatic rings. The van der Waals surface area contributed by atoms with Crippen molar-refractivity contribution in [3.05, 3.63) is 131 Å². The Morgan fingerprint density at radius 3 is 2.49 bits per heavy atom. The lowest BCUT2D eigenvalue weighted by molar-refractivity contribution is -0.139. The number of carbonyl (C=O) groups excluding carboxylic acids is 1. The van der Waals surface area contributed by atoms with Gasteiger partial charge in [-0.2, -0.15) is 0 Å². The summed E-state index contributed by atoms with van der Waals surface area (Å²) in [5.41, 5.74) is 5.80. The second kappa shape index (κ2) is 11.8. The molecule has 2 aromatic heterocycles. The second-order valence-corrected chi connectivity index (χ2v) is 12.6. The van der Waals surface area contributed by atoms with E-state index in [1.807, 2.05) is 73.6 Å². The summed E-state index contributed by atoms with van der Waals surface area (Å²) in [6.45, 7) is 4.52. The van der Waals surface area contributed by atoms with Gasteiger partial charge in [-0.05, 0) is 61.4 Å². The van der Waals surface area contributed by atoms with Crippen LogP contribution in [0.4, 0.5) is 5.69 Å². The molecule has 1 aliphatic rings. The summed E-state index contributed by atoms with van der Waals surface area (Å²) in [7, 11) is 3.95. The zero-order valence-electron chi connectivity index (χ0n) is 24.4. The van der Waals surface area contributed by atoms with Crippen molar-refractivity contribution >= 4 is 55.9 Å². The number of hydrogen-bond donors (Lipinski definition) is 0. The first-order valence-corrected chi connectivity index (χ1v) is 15.7. The number of hydrogen-bond acceptors (Lipinski definition) is 6. The van der Waals surface area contributed by atoms with Crippen molar-refractivity contribution in [2.75, 3.05) is 25.6 Å². The molecule has 0 saturated heterocycles. The largest absolute Gasteiger partial charge is 0.463 e. The third kappa shape index (κ3) is 5.50. The highest BCUT2D eigenvalue weighted by Gasteiger charge is 2.33. The smallest absolute Gasteiger partial charge is 0.338 e. The molecular weight excluding hydrogens is 624 g/mol. The molecule has 0 radical (unpaired) electrons. The van der Waals surface area contributed by atoms with E-state index in [1.165, 1.54) is 16.9 Å². The maximum atomic E-state index is 14.2. The molecule has 0 unspecified atom stereocenters. The molecule has 0 spiro atoms. The van der Waals surface area contributed by atoms with Crippen LogP contribution in [0.2, 0.25) is 0 Å². The maximum absolute atomic E-state index is 14.2. The minimum absolute atomic E-state index is 0.190. The Labute approximate surface area is 261 Å². The lowest BCUT2D eigenvalue weighted by Gasteiger charge is -2.25. The minimum atomic E-state index is -0.646. The lowest BCUT2D eigenvalue weighted by Crippen LogP contribution is -2.39. The van der Waals surface area contributed by atoms with Crippen molar-refractivity contribution in [3.8, 4) is 0 Å². The number of thiazole rings is 1. The summed E-state index contributed by atoms with van der Waals surface area (Å²) < 4.78 is 10.9. The van der Waals surface area contributed by atoms with E-state index in [2.05, 4.69) is 51.0 Å². The molecule has 0 amide bonds. The van der Waals surface area contributed by atoms with Gasteiger partial charge in [-0.1, -0.05) is 69.7 Å². The fourth-order valence-electron chi connectivity index (χ4n) is 5.51. The average Bonchev–Trinajstić information content (AvgIpc) is 3.49. The first-order chi connectivity index (χ1) is 20.7. The summed E-state index contributed by atoms with van der Waals surface area (Å²) in [4.78, 5) is 34.7. The molecule has 7 nitrogen and oxygen atoms in total. The molecule has 9 heteroatoms. The Balaban J connectivity index is 1.50. The number of aromatic nitrogens is 2. The number of para-hydroxylation sites is 1. The summed E-state index contributed by atoms with van der Waals surface area (Å²) in [6, 6.07) is 23.8. The Kier molecular flexibility index (Phi) is 7.94. The van der Waals surface area contributed by atoms with Gasteiger partial charge < -0.3 is 14.2 Å². The van der Waals surface area contributed by atoms with Gasteiger partial charge in [0.1, 0.15) is 0 Å². The van der Waals surface area contributed by atoms with E-state index in [9.17, 15) is 9.59 Å². The Morgan fingerprint density at radius 2 is 1.79 bits per heavy atom. The van der Waals surface area contributed by atoms with Crippen LogP contribution in [0.25, 0.3) is 17.0 Å². The van der Waals surface area contributed by atoms with Gasteiger partial charge in [0.15, 0.2) is 4.80 Å². The number of esters is 1. The van der Waals surface area contributed by atoms with E-state index in [1.54, 1.807) is 18.4 Å². The number of carbonyl (C=O) groups is 1. The number of nitrogens with zero attached hydrogens (tertiary/aromatic N) is 4. The quantitative estimate of drug-likeness (QED) is 0.213. The van der Waals surface area contributed by atoms with Crippen LogP contribution in [-0.2, 0) is 16.1 Å². The highest BCUT2D eigenvalue weighted by molar-refractivity contribution is 9.10. The summed E-state index contributed by atoms with van der Waals surface area (Å²) >= 11 is 4.85. The number of ether oxygens (including phenoxy) is 1. The molecule has 0 bridgehead atoms. The fraction of sp³-hybridized carbons (Fsp3) is 0.206. The second-order valence-electron chi connectivity index (χ2n) is 10.6. The molecule has 3 aromatic carbocycles. The summed E-state index contributed by atoms with van der Waals surface area (Å²) in [5, 5.41) is 1.06. The number of rotatable bonds is 7. The van der Waals surface area contributed by atoms with Crippen molar-refractivity contribution in [2.45, 2.75) is 26.4 Å².